The van der Waals surface area contributed by atoms with Gasteiger partial charge in [-0.05, 0) is 42.3 Å². The molecule has 2 heterocycles. The van der Waals surface area contributed by atoms with Gasteiger partial charge in [0.25, 0.3) is 0 Å². The Morgan fingerprint density at radius 2 is 1.64 bits per heavy atom. The van der Waals surface area contributed by atoms with Crippen LogP contribution in [-0.2, 0) is 10.0 Å². The van der Waals surface area contributed by atoms with Crippen molar-refractivity contribution in [3.63, 3.8) is 0 Å². The lowest BCUT2D eigenvalue weighted by Gasteiger charge is -2.38. The highest BCUT2D eigenvalue weighted by Gasteiger charge is 2.39. The fourth-order valence-corrected chi connectivity index (χ4v) is 7.10. The predicted molar refractivity (Wildman–Crippen MR) is 137 cm³/mol. The Hall–Kier alpha value is -2.61. The number of rotatable bonds is 6. The number of para-hydroxylation sites is 1. The summed E-state index contributed by atoms with van der Waals surface area (Å²) in [6, 6.07) is 18.0. The second kappa shape index (κ2) is 8.31. The van der Waals surface area contributed by atoms with Gasteiger partial charge in [-0.2, -0.15) is 4.72 Å². The monoisotopic (exact) mass is 480 g/mol. The van der Waals surface area contributed by atoms with Gasteiger partial charge in [0, 0.05) is 22.7 Å². The highest BCUT2D eigenvalue weighted by molar-refractivity contribution is 7.89. The molecule has 1 unspecified atom stereocenters. The summed E-state index contributed by atoms with van der Waals surface area (Å²) >= 11 is 0. The smallest absolute Gasteiger partial charge is 0.241 e. The van der Waals surface area contributed by atoms with Gasteiger partial charge >= 0.3 is 0 Å². The van der Waals surface area contributed by atoms with E-state index >= 15 is 0 Å². The molecule has 33 heavy (non-hydrogen) atoms. The fourth-order valence-electron chi connectivity index (χ4n) is 3.93. The minimum atomic E-state index is -3.78. The predicted octanol–water partition coefficient (Wildman–Crippen LogP) is 6.46. The van der Waals surface area contributed by atoms with Crippen molar-refractivity contribution in [3.05, 3.63) is 90.0 Å². The number of aryl methyl sites for hydroxylation is 1. The molecule has 1 atom stereocenters. The number of fused-ring (bicyclic) bond motifs is 1. The van der Waals surface area contributed by atoms with Crippen molar-refractivity contribution in [1.82, 2.24) is 8.95 Å². The lowest BCUT2D eigenvalue weighted by atomic mass is 10.0. The van der Waals surface area contributed by atoms with Crippen LogP contribution in [0.25, 0.3) is 10.9 Å². The summed E-state index contributed by atoms with van der Waals surface area (Å²) in [7, 11) is -5.76. The van der Waals surface area contributed by atoms with Crippen LogP contribution in [0.15, 0.2) is 82.4 Å². The number of nitrogens with one attached hydrogen (secondary N) is 1. The van der Waals surface area contributed by atoms with Crippen molar-refractivity contribution in [2.75, 3.05) is 0 Å². The Kier molecular flexibility index (Phi) is 5.93. The zero-order valence-corrected chi connectivity index (χ0v) is 21.9. The first-order valence-corrected chi connectivity index (χ1v) is 15.6. The summed E-state index contributed by atoms with van der Waals surface area (Å²) in [4.78, 5) is 0.234. The van der Waals surface area contributed by atoms with Gasteiger partial charge in [0.05, 0.1) is 11.2 Å². The SMILES string of the molecule is Cc1ccc(S(=O)(=O)NC(c2ccco2)c2cn([Si](C)(C)C(C)(C)C)c3ccccc23)cc1. The normalized spacial score (nSPS) is 14.0. The van der Waals surface area contributed by atoms with Crippen molar-refractivity contribution in [1.29, 1.82) is 0 Å². The molecule has 2 aromatic carbocycles. The molecular weight excluding hydrogens is 448 g/mol. The Bertz CT molecular complexity index is 1360. The van der Waals surface area contributed by atoms with Crippen LogP contribution in [0, 0.1) is 6.92 Å². The number of furan rings is 1. The van der Waals surface area contributed by atoms with Gasteiger partial charge in [-0.1, -0.05) is 69.8 Å². The maximum Gasteiger partial charge on any atom is 0.241 e. The number of sulfonamides is 1. The van der Waals surface area contributed by atoms with Crippen LogP contribution < -0.4 is 4.72 Å². The van der Waals surface area contributed by atoms with E-state index in [4.69, 9.17) is 4.42 Å². The molecule has 7 heteroatoms. The molecule has 0 aliphatic rings. The third-order valence-corrected chi connectivity index (χ3v) is 13.6. The van der Waals surface area contributed by atoms with Crippen molar-refractivity contribution in [2.24, 2.45) is 0 Å². The van der Waals surface area contributed by atoms with Crippen molar-refractivity contribution in [2.45, 2.75) is 56.8 Å². The number of nitrogens with zero attached hydrogens (tertiary/aromatic N) is 1. The summed E-state index contributed by atoms with van der Waals surface area (Å²) < 4.78 is 37.8. The number of benzene rings is 2. The summed E-state index contributed by atoms with van der Waals surface area (Å²) in [6.07, 6.45) is 3.71. The topological polar surface area (TPSA) is 64.2 Å². The molecule has 4 aromatic rings. The highest BCUT2D eigenvalue weighted by Crippen LogP contribution is 2.41. The van der Waals surface area contributed by atoms with Crippen molar-refractivity contribution >= 4 is 29.2 Å². The first-order valence-electron chi connectivity index (χ1n) is 11.1. The fraction of sp³-hybridized carbons (Fsp3) is 0.308. The molecule has 0 radical (unpaired) electrons. The first-order chi connectivity index (χ1) is 15.4. The van der Waals surface area contributed by atoms with E-state index in [-0.39, 0.29) is 9.93 Å². The van der Waals surface area contributed by atoms with E-state index in [0.29, 0.717) is 5.76 Å². The molecular formula is C26H32N2O3SSi. The third-order valence-electron chi connectivity index (χ3n) is 6.92. The van der Waals surface area contributed by atoms with Gasteiger partial charge in [-0.15, -0.1) is 0 Å². The molecule has 0 bridgehead atoms. The van der Waals surface area contributed by atoms with Gasteiger partial charge in [-0.25, -0.2) is 8.42 Å². The minimum absolute atomic E-state index is 0.105. The summed E-state index contributed by atoms with van der Waals surface area (Å²) in [5, 5.41) is 1.13. The first kappa shape index (κ1) is 23.5. The second-order valence-electron chi connectivity index (χ2n) is 10.2. The van der Waals surface area contributed by atoms with Crippen LogP contribution in [0.1, 0.15) is 43.7 Å². The molecule has 0 aliphatic carbocycles. The molecule has 0 saturated heterocycles. The van der Waals surface area contributed by atoms with Gasteiger partial charge < -0.3 is 8.65 Å². The Labute approximate surface area is 197 Å². The number of aromatic nitrogens is 1. The molecule has 0 amide bonds. The molecule has 4 rings (SSSR count). The van der Waals surface area contributed by atoms with Crippen LogP contribution in [-0.4, -0.2) is 20.9 Å². The van der Waals surface area contributed by atoms with Gasteiger partial charge in [0.15, 0.2) is 8.24 Å². The summed E-state index contributed by atoms with van der Waals surface area (Å²) in [5.74, 6) is 0.559. The van der Waals surface area contributed by atoms with Gasteiger partial charge in [-0.3, -0.25) is 0 Å². The van der Waals surface area contributed by atoms with Gasteiger partial charge in [0.2, 0.25) is 10.0 Å². The van der Waals surface area contributed by atoms with E-state index in [1.807, 2.05) is 25.1 Å². The molecule has 0 spiro atoms. The average molecular weight is 481 g/mol. The van der Waals surface area contributed by atoms with Crippen LogP contribution >= 0.6 is 0 Å². The molecule has 0 aliphatic heterocycles. The van der Waals surface area contributed by atoms with E-state index in [9.17, 15) is 8.42 Å². The van der Waals surface area contributed by atoms with Crippen molar-refractivity contribution < 1.29 is 12.8 Å². The van der Waals surface area contributed by atoms with E-state index in [1.54, 1.807) is 36.6 Å². The lowest BCUT2D eigenvalue weighted by molar-refractivity contribution is 0.472. The zero-order chi connectivity index (χ0) is 24.0. The molecule has 174 valence electrons. The van der Waals surface area contributed by atoms with Crippen molar-refractivity contribution in [3.8, 4) is 0 Å². The number of hydrogen-bond donors (Lipinski definition) is 1. The van der Waals surface area contributed by atoms with Crippen LogP contribution in [0.3, 0.4) is 0 Å². The summed E-state index contributed by atoms with van der Waals surface area (Å²) in [5.41, 5.74) is 3.01. The standard InChI is InChI=1S/C26H32N2O3SSi/c1-19-13-15-20(16-14-19)32(29,30)27-25(24-12-9-17-31-24)22-18-28(33(5,6)26(2,3)4)23-11-8-7-10-21(22)23/h7-18,25,27H,1-6H3. The largest absolute Gasteiger partial charge is 0.467 e. The Morgan fingerprint density at radius 1 is 0.970 bits per heavy atom. The minimum Gasteiger partial charge on any atom is -0.467 e. The molecule has 5 nitrogen and oxygen atoms in total. The second-order valence-corrected chi connectivity index (χ2v) is 17.0. The van der Waals surface area contributed by atoms with Crippen LogP contribution in [0.4, 0.5) is 0 Å². The quantitative estimate of drug-likeness (QED) is 0.322. The maximum absolute atomic E-state index is 13.4. The van der Waals surface area contributed by atoms with Crippen LogP contribution in [0.2, 0.25) is 18.1 Å². The number of hydrogen-bond acceptors (Lipinski definition) is 3. The Morgan fingerprint density at radius 3 is 2.24 bits per heavy atom. The zero-order valence-electron chi connectivity index (χ0n) is 20.1. The van der Waals surface area contributed by atoms with E-state index < -0.39 is 24.3 Å². The Balaban J connectivity index is 1.90. The van der Waals surface area contributed by atoms with E-state index in [1.165, 1.54) is 0 Å². The van der Waals surface area contributed by atoms with Crippen LogP contribution in [0.5, 0.6) is 0 Å². The average Bonchev–Trinajstić information content (AvgIpc) is 3.40. The molecule has 1 N–H and O–H groups in total. The maximum atomic E-state index is 13.4. The molecule has 2 aromatic heterocycles. The molecule has 0 saturated carbocycles. The third kappa shape index (κ3) is 4.33. The lowest BCUT2D eigenvalue weighted by Crippen LogP contribution is -2.45. The summed E-state index contributed by atoms with van der Waals surface area (Å²) in [6.45, 7) is 13.5. The van der Waals surface area contributed by atoms with Gasteiger partial charge in [0.1, 0.15) is 11.8 Å². The van der Waals surface area contributed by atoms with E-state index in [0.717, 1.165) is 22.0 Å². The van der Waals surface area contributed by atoms with E-state index in [2.05, 4.69) is 61.1 Å². The molecule has 0 fully saturated rings. The highest BCUT2D eigenvalue weighted by atomic mass is 32.2.